The van der Waals surface area contributed by atoms with Crippen LogP contribution < -0.4 is 27.4 Å². The van der Waals surface area contributed by atoms with E-state index < -0.39 is 18.0 Å². The number of imidazole rings is 1. The largest absolute Gasteiger partial charge is 0.370 e. The molecule has 1 fully saturated rings. The predicted molar refractivity (Wildman–Crippen MR) is 148 cm³/mol. The molecule has 1 aliphatic heterocycles. The second-order valence-electron chi connectivity index (χ2n) is 9.26. The molecule has 208 valence electrons. The van der Waals surface area contributed by atoms with Crippen LogP contribution in [0.2, 0.25) is 5.02 Å². The highest BCUT2D eigenvalue weighted by atomic mass is 35.5. The molecule has 1 saturated heterocycles. The molecule has 4 rings (SSSR count). The fourth-order valence-corrected chi connectivity index (χ4v) is 5.55. The molecule has 1 aliphatic rings. The highest BCUT2D eigenvalue weighted by molar-refractivity contribution is 7.09. The zero-order chi connectivity index (χ0) is 28.1. The molecule has 8 N–H and O–H groups in total. The van der Waals surface area contributed by atoms with Gasteiger partial charge in [0.1, 0.15) is 28.1 Å². The highest BCUT2D eigenvalue weighted by Crippen LogP contribution is 2.34. The number of hydrogen-bond donors (Lipinski definition) is 6. The normalized spacial score (nSPS) is 17.7. The van der Waals surface area contributed by atoms with Crippen molar-refractivity contribution in [1.29, 1.82) is 5.41 Å². The van der Waals surface area contributed by atoms with Gasteiger partial charge in [0.05, 0.1) is 11.1 Å². The number of unbranched alkanes of at least 4 members (excludes halogenated alkanes) is 1. The van der Waals surface area contributed by atoms with Crippen LogP contribution in [0.15, 0.2) is 29.9 Å². The summed E-state index contributed by atoms with van der Waals surface area (Å²) in [6.45, 7) is 0.830. The summed E-state index contributed by atoms with van der Waals surface area (Å²) in [7, 11) is 1.51. The topological polar surface area (TPSA) is 197 Å². The third-order valence-electron chi connectivity index (χ3n) is 6.37. The van der Waals surface area contributed by atoms with E-state index in [0.29, 0.717) is 54.5 Å². The lowest BCUT2D eigenvalue weighted by atomic mass is 10.1. The van der Waals surface area contributed by atoms with E-state index in [4.69, 9.17) is 28.5 Å². The summed E-state index contributed by atoms with van der Waals surface area (Å²) >= 11 is 7.32. The van der Waals surface area contributed by atoms with E-state index in [-0.39, 0.29) is 35.2 Å². The Labute approximate surface area is 233 Å². The Morgan fingerprint density at radius 1 is 1.23 bits per heavy atom. The molecule has 0 aliphatic carbocycles. The summed E-state index contributed by atoms with van der Waals surface area (Å²) in [5.41, 5.74) is 12.5. The Morgan fingerprint density at radius 2 is 2.03 bits per heavy atom. The zero-order valence-corrected chi connectivity index (χ0v) is 22.9. The SMILES string of the molecule is CNC(=O)[C@H](CCCCNC(=N)N)NC(=O)c1csc([C@H]2C[C@H](N)CN2C(=O)c2cn3cc(Cl)ccc3n2)n1. The number of nitrogens with two attached hydrogens (primary N) is 2. The fourth-order valence-electron chi connectivity index (χ4n) is 4.46. The van der Waals surface area contributed by atoms with Gasteiger partial charge in [-0.15, -0.1) is 11.3 Å². The monoisotopic (exact) mass is 574 g/mol. The maximum absolute atomic E-state index is 13.4. The van der Waals surface area contributed by atoms with Crippen LogP contribution in [-0.2, 0) is 4.79 Å². The first-order valence-electron chi connectivity index (χ1n) is 12.4. The molecule has 3 atom stereocenters. The summed E-state index contributed by atoms with van der Waals surface area (Å²) < 4.78 is 1.69. The number of halogens is 1. The van der Waals surface area contributed by atoms with Crippen molar-refractivity contribution in [3.05, 3.63) is 51.3 Å². The summed E-state index contributed by atoms with van der Waals surface area (Å²) in [5, 5.41) is 17.9. The smallest absolute Gasteiger partial charge is 0.274 e. The van der Waals surface area contributed by atoms with Crippen molar-refractivity contribution in [2.75, 3.05) is 20.1 Å². The van der Waals surface area contributed by atoms with E-state index >= 15 is 0 Å². The number of pyridine rings is 1. The molecule has 0 saturated carbocycles. The van der Waals surface area contributed by atoms with E-state index in [0.717, 1.165) is 0 Å². The minimum Gasteiger partial charge on any atom is -0.370 e. The predicted octanol–water partition coefficient (Wildman–Crippen LogP) is 0.856. The number of nitrogens with one attached hydrogen (secondary N) is 4. The van der Waals surface area contributed by atoms with Gasteiger partial charge in [-0.25, -0.2) is 9.97 Å². The third kappa shape index (κ3) is 6.82. The Balaban J connectivity index is 1.43. The minimum atomic E-state index is -0.744. The number of nitrogens with zero attached hydrogens (tertiary/aromatic N) is 4. The lowest BCUT2D eigenvalue weighted by molar-refractivity contribution is -0.122. The Kier molecular flexibility index (Phi) is 8.99. The van der Waals surface area contributed by atoms with Crippen LogP contribution in [0.1, 0.15) is 57.7 Å². The zero-order valence-electron chi connectivity index (χ0n) is 21.3. The molecule has 3 aromatic heterocycles. The molecule has 0 unspecified atom stereocenters. The quantitative estimate of drug-likeness (QED) is 0.116. The van der Waals surface area contributed by atoms with E-state index in [1.807, 2.05) is 0 Å². The number of aromatic nitrogens is 3. The van der Waals surface area contributed by atoms with Gasteiger partial charge in [0, 0.05) is 44.0 Å². The number of hydrogen-bond acceptors (Lipinski definition) is 8. The van der Waals surface area contributed by atoms with Crippen molar-refractivity contribution in [1.82, 2.24) is 35.2 Å². The standard InChI is InChI=1S/C24H31ClN10O3S/c1-29-20(36)15(4-2-3-7-30-24(27)28)32-21(37)17-12-39-22(33-17)18-8-14(26)10-35(18)23(38)16-11-34-9-13(25)5-6-19(34)31-16/h5-6,9,11-12,14-15,18H,2-4,7-8,10,26H2,1H3,(H,29,36)(H,32,37)(H4,27,28,30)/t14-,15-,18+/m0/s1. The Bertz CT molecular complexity index is 1380. The molecule has 0 bridgehead atoms. The number of fused-ring (bicyclic) bond motifs is 1. The molecule has 3 aromatic rings. The maximum Gasteiger partial charge on any atom is 0.274 e. The molecule has 4 heterocycles. The van der Waals surface area contributed by atoms with Gasteiger partial charge in [0.25, 0.3) is 11.8 Å². The molecule has 0 spiro atoms. The average molecular weight is 575 g/mol. The van der Waals surface area contributed by atoms with E-state index in [9.17, 15) is 14.4 Å². The van der Waals surface area contributed by atoms with Crippen LogP contribution in [-0.4, -0.2) is 75.2 Å². The second kappa shape index (κ2) is 12.4. The van der Waals surface area contributed by atoms with Crippen LogP contribution >= 0.6 is 22.9 Å². The first kappa shape index (κ1) is 28.3. The Morgan fingerprint density at radius 3 is 2.77 bits per heavy atom. The number of carbonyl (C=O) groups is 3. The first-order chi connectivity index (χ1) is 18.7. The van der Waals surface area contributed by atoms with Gasteiger partial charge in [-0.2, -0.15) is 0 Å². The van der Waals surface area contributed by atoms with Crippen LogP contribution in [0, 0.1) is 5.41 Å². The minimum absolute atomic E-state index is 0.114. The van der Waals surface area contributed by atoms with Crippen LogP contribution in [0.5, 0.6) is 0 Å². The van der Waals surface area contributed by atoms with Gasteiger partial charge in [-0.1, -0.05) is 11.6 Å². The van der Waals surface area contributed by atoms with Gasteiger partial charge < -0.3 is 36.7 Å². The van der Waals surface area contributed by atoms with E-state index in [2.05, 4.69) is 25.9 Å². The third-order valence-corrected chi connectivity index (χ3v) is 7.54. The number of rotatable bonds is 10. The molecule has 0 radical (unpaired) electrons. The van der Waals surface area contributed by atoms with Gasteiger partial charge in [-0.05, 0) is 37.8 Å². The molecule has 39 heavy (non-hydrogen) atoms. The number of amides is 3. The maximum atomic E-state index is 13.4. The highest BCUT2D eigenvalue weighted by Gasteiger charge is 2.38. The van der Waals surface area contributed by atoms with Crippen molar-refractivity contribution < 1.29 is 14.4 Å². The van der Waals surface area contributed by atoms with E-state index in [1.54, 1.807) is 39.2 Å². The van der Waals surface area contributed by atoms with Crippen molar-refractivity contribution >= 4 is 52.3 Å². The molecule has 13 nitrogen and oxygen atoms in total. The average Bonchev–Trinajstić information content (AvgIpc) is 3.64. The summed E-state index contributed by atoms with van der Waals surface area (Å²) in [6, 6.07) is 2.03. The van der Waals surface area contributed by atoms with Crippen molar-refractivity contribution in [2.45, 2.75) is 43.8 Å². The van der Waals surface area contributed by atoms with Gasteiger partial charge >= 0.3 is 0 Å². The van der Waals surface area contributed by atoms with Crippen LogP contribution in [0.4, 0.5) is 0 Å². The fraction of sp³-hybridized carbons (Fsp3) is 0.417. The number of likely N-dealkylation sites (N-methyl/N-ethyl adjacent to an activating group) is 1. The molecular formula is C24H31ClN10O3S. The Hall–Kier alpha value is -3.75. The number of likely N-dealkylation sites (tertiary alicyclic amines) is 1. The molecule has 0 aromatic carbocycles. The number of thiazole rings is 1. The summed E-state index contributed by atoms with van der Waals surface area (Å²) in [4.78, 5) is 49.3. The van der Waals surface area contributed by atoms with E-state index in [1.165, 1.54) is 18.4 Å². The molecule has 15 heteroatoms. The summed E-state index contributed by atoms with van der Waals surface area (Å²) in [5.74, 6) is -1.19. The first-order valence-corrected chi connectivity index (χ1v) is 13.7. The molecular weight excluding hydrogens is 544 g/mol. The number of carbonyl (C=O) groups excluding carboxylic acids is 3. The summed E-state index contributed by atoms with van der Waals surface area (Å²) in [6.07, 6.45) is 5.51. The van der Waals surface area contributed by atoms with Crippen molar-refractivity contribution in [2.24, 2.45) is 11.5 Å². The second-order valence-corrected chi connectivity index (χ2v) is 10.6. The molecule has 3 amide bonds. The number of guanidine groups is 1. The van der Waals surface area contributed by atoms with Gasteiger partial charge in [0.15, 0.2) is 5.96 Å². The van der Waals surface area contributed by atoms with Crippen LogP contribution in [0.3, 0.4) is 0 Å². The van der Waals surface area contributed by atoms with Crippen molar-refractivity contribution in [3.63, 3.8) is 0 Å². The van der Waals surface area contributed by atoms with Crippen molar-refractivity contribution in [3.8, 4) is 0 Å². The van der Waals surface area contributed by atoms with Gasteiger partial charge in [-0.3, -0.25) is 19.8 Å². The van der Waals surface area contributed by atoms with Gasteiger partial charge in [0.2, 0.25) is 5.91 Å². The lowest BCUT2D eigenvalue weighted by Gasteiger charge is -2.22. The lowest BCUT2D eigenvalue weighted by Crippen LogP contribution is -2.45. The van der Waals surface area contributed by atoms with Crippen LogP contribution in [0.25, 0.3) is 5.65 Å².